The molecule has 1 heterocycles. The summed E-state index contributed by atoms with van der Waals surface area (Å²) in [6.07, 6.45) is 10.9. The molecule has 2 nitrogen and oxygen atoms in total. The second kappa shape index (κ2) is 9.77. The van der Waals surface area contributed by atoms with Crippen LogP contribution in [-0.4, -0.2) is 36.1 Å². The maximum atomic E-state index is 3.75. The lowest BCUT2D eigenvalue weighted by Gasteiger charge is -2.44. The fraction of sp³-hybridized carbons (Fsp3) is 1.00. The van der Waals surface area contributed by atoms with Crippen molar-refractivity contribution in [3.63, 3.8) is 0 Å². The van der Waals surface area contributed by atoms with E-state index in [2.05, 4.69) is 37.9 Å². The molecule has 0 spiro atoms. The Morgan fingerprint density at radius 3 is 2.47 bits per heavy atom. The number of rotatable bonds is 9. The monoisotopic (exact) mass is 268 g/mol. The Kier molecular flexibility index (Phi) is 8.72. The van der Waals surface area contributed by atoms with Crippen LogP contribution in [0.25, 0.3) is 0 Å². The summed E-state index contributed by atoms with van der Waals surface area (Å²) in [5.74, 6) is 0. The van der Waals surface area contributed by atoms with Crippen LogP contribution in [0.15, 0.2) is 0 Å². The van der Waals surface area contributed by atoms with Crippen LogP contribution < -0.4 is 5.32 Å². The van der Waals surface area contributed by atoms with E-state index in [0.29, 0.717) is 6.04 Å². The number of hydrogen-bond acceptors (Lipinski definition) is 2. The zero-order valence-corrected chi connectivity index (χ0v) is 13.8. The van der Waals surface area contributed by atoms with Gasteiger partial charge in [0.1, 0.15) is 0 Å². The number of likely N-dealkylation sites (tertiary alicyclic amines) is 1. The first kappa shape index (κ1) is 17.0. The van der Waals surface area contributed by atoms with Crippen LogP contribution >= 0.6 is 0 Å². The molecule has 3 unspecified atom stereocenters. The summed E-state index contributed by atoms with van der Waals surface area (Å²) < 4.78 is 0. The summed E-state index contributed by atoms with van der Waals surface area (Å²) in [5.41, 5.74) is 0. The van der Waals surface area contributed by atoms with Crippen molar-refractivity contribution >= 4 is 0 Å². The standard InChI is InChI=1S/C17H36N2/c1-5-11-15-13-9-10-14-19(15)17(7-3)16(12-6-2)18-8-4/h15-18H,5-14H2,1-4H3. The average Bonchev–Trinajstić information content (AvgIpc) is 2.42. The zero-order chi connectivity index (χ0) is 14.1. The summed E-state index contributed by atoms with van der Waals surface area (Å²) in [5, 5.41) is 3.75. The van der Waals surface area contributed by atoms with Gasteiger partial charge >= 0.3 is 0 Å². The van der Waals surface area contributed by atoms with Crippen LogP contribution in [0, 0.1) is 0 Å². The molecule has 0 radical (unpaired) electrons. The molecule has 1 saturated heterocycles. The molecular formula is C17H36N2. The van der Waals surface area contributed by atoms with Crippen LogP contribution in [-0.2, 0) is 0 Å². The van der Waals surface area contributed by atoms with Crippen LogP contribution in [0.5, 0.6) is 0 Å². The second-order valence-corrected chi connectivity index (χ2v) is 6.10. The van der Waals surface area contributed by atoms with Gasteiger partial charge in [0.25, 0.3) is 0 Å². The van der Waals surface area contributed by atoms with Gasteiger partial charge in [-0.05, 0) is 45.2 Å². The van der Waals surface area contributed by atoms with Crippen LogP contribution in [0.2, 0.25) is 0 Å². The number of hydrogen-bond donors (Lipinski definition) is 1. The smallest absolute Gasteiger partial charge is 0.0249 e. The van der Waals surface area contributed by atoms with Crippen molar-refractivity contribution in [2.75, 3.05) is 13.1 Å². The third kappa shape index (κ3) is 5.07. The average molecular weight is 268 g/mol. The van der Waals surface area contributed by atoms with E-state index in [1.165, 1.54) is 57.9 Å². The molecule has 1 rings (SSSR count). The molecule has 0 amide bonds. The first-order valence-corrected chi connectivity index (χ1v) is 8.77. The first-order chi connectivity index (χ1) is 9.28. The molecule has 0 saturated carbocycles. The molecule has 19 heavy (non-hydrogen) atoms. The van der Waals surface area contributed by atoms with E-state index in [0.717, 1.165) is 18.6 Å². The minimum Gasteiger partial charge on any atom is -0.313 e. The molecule has 1 N–H and O–H groups in total. The van der Waals surface area contributed by atoms with Gasteiger partial charge in [-0.15, -0.1) is 0 Å². The SMILES string of the molecule is CCCC(NCC)C(CC)N1CCCCC1CCC. The lowest BCUT2D eigenvalue weighted by atomic mass is 9.91. The van der Waals surface area contributed by atoms with E-state index in [9.17, 15) is 0 Å². The summed E-state index contributed by atoms with van der Waals surface area (Å²) in [4.78, 5) is 2.86. The van der Waals surface area contributed by atoms with Crippen LogP contribution in [0.3, 0.4) is 0 Å². The Hall–Kier alpha value is -0.0800. The number of likely N-dealkylation sites (N-methyl/N-ethyl adjacent to an activating group) is 1. The quantitative estimate of drug-likeness (QED) is 0.674. The maximum Gasteiger partial charge on any atom is 0.0249 e. The third-order valence-electron chi connectivity index (χ3n) is 4.67. The molecule has 0 aromatic rings. The minimum absolute atomic E-state index is 0.692. The Morgan fingerprint density at radius 1 is 1.11 bits per heavy atom. The predicted octanol–water partition coefficient (Wildman–Crippen LogP) is 4.20. The second-order valence-electron chi connectivity index (χ2n) is 6.10. The van der Waals surface area contributed by atoms with Crippen LogP contribution in [0.1, 0.15) is 79.1 Å². The molecule has 0 aromatic carbocycles. The molecule has 0 aliphatic carbocycles. The molecule has 114 valence electrons. The van der Waals surface area contributed by atoms with E-state index in [-0.39, 0.29) is 0 Å². The molecular weight excluding hydrogens is 232 g/mol. The molecule has 2 heteroatoms. The molecule has 0 aromatic heterocycles. The Balaban J connectivity index is 2.72. The van der Waals surface area contributed by atoms with Gasteiger partial charge in [0, 0.05) is 18.1 Å². The fourth-order valence-electron chi connectivity index (χ4n) is 3.86. The Labute approximate surface area is 121 Å². The lowest BCUT2D eigenvalue weighted by molar-refractivity contribution is 0.0621. The minimum atomic E-state index is 0.692. The largest absolute Gasteiger partial charge is 0.313 e. The van der Waals surface area contributed by atoms with Gasteiger partial charge in [-0.25, -0.2) is 0 Å². The highest BCUT2D eigenvalue weighted by Gasteiger charge is 2.31. The molecule has 1 aliphatic heterocycles. The van der Waals surface area contributed by atoms with E-state index in [4.69, 9.17) is 0 Å². The highest BCUT2D eigenvalue weighted by Crippen LogP contribution is 2.26. The molecule has 1 aliphatic rings. The van der Waals surface area contributed by atoms with E-state index in [1.54, 1.807) is 0 Å². The van der Waals surface area contributed by atoms with Crippen molar-refractivity contribution in [1.29, 1.82) is 0 Å². The molecule has 3 atom stereocenters. The van der Waals surface area contributed by atoms with E-state index in [1.807, 2.05) is 0 Å². The van der Waals surface area contributed by atoms with Gasteiger partial charge in [0.15, 0.2) is 0 Å². The summed E-state index contributed by atoms with van der Waals surface area (Å²) >= 11 is 0. The highest BCUT2D eigenvalue weighted by molar-refractivity contribution is 4.89. The van der Waals surface area contributed by atoms with Crippen molar-refractivity contribution < 1.29 is 0 Å². The van der Waals surface area contributed by atoms with Crippen molar-refractivity contribution in [2.45, 2.75) is 97.2 Å². The highest BCUT2D eigenvalue weighted by atomic mass is 15.2. The van der Waals surface area contributed by atoms with E-state index >= 15 is 0 Å². The third-order valence-corrected chi connectivity index (χ3v) is 4.67. The van der Waals surface area contributed by atoms with Crippen molar-refractivity contribution in [2.24, 2.45) is 0 Å². The number of nitrogens with zero attached hydrogens (tertiary/aromatic N) is 1. The Morgan fingerprint density at radius 2 is 1.89 bits per heavy atom. The van der Waals surface area contributed by atoms with Gasteiger partial charge < -0.3 is 5.32 Å². The molecule has 0 bridgehead atoms. The van der Waals surface area contributed by atoms with Gasteiger partial charge in [-0.1, -0.05) is 47.0 Å². The number of piperidine rings is 1. The lowest BCUT2D eigenvalue weighted by Crippen LogP contribution is -2.55. The first-order valence-electron chi connectivity index (χ1n) is 8.77. The van der Waals surface area contributed by atoms with Gasteiger partial charge in [0.2, 0.25) is 0 Å². The predicted molar refractivity (Wildman–Crippen MR) is 85.7 cm³/mol. The van der Waals surface area contributed by atoms with Gasteiger partial charge in [-0.3, -0.25) is 4.90 Å². The summed E-state index contributed by atoms with van der Waals surface area (Å²) in [7, 11) is 0. The normalized spacial score (nSPS) is 24.3. The van der Waals surface area contributed by atoms with Crippen molar-refractivity contribution in [3.05, 3.63) is 0 Å². The Bertz CT molecular complexity index is 209. The summed E-state index contributed by atoms with van der Waals surface area (Å²) in [6.45, 7) is 11.7. The van der Waals surface area contributed by atoms with Gasteiger partial charge in [0.05, 0.1) is 0 Å². The molecule has 1 fully saturated rings. The van der Waals surface area contributed by atoms with E-state index < -0.39 is 0 Å². The van der Waals surface area contributed by atoms with Gasteiger partial charge in [-0.2, -0.15) is 0 Å². The summed E-state index contributed by atoms with van der Waals surface area (Å²) in [6, 6.07) is 2.29. The zero-order valence-electron chi connectivity index (χ0n) is 13.8. The van der Waals surface area contributed by atoms with Crippen molar-refractivity contribution in [3.8, 4) is 0 Å². The van der Waals surface area contributed by atoms with Crippen molar-refractivity contribution in [1.82, 2.24) is 10.2 Å². The van der Waals surface area contributed by atoms with Crippen LogP contribution in [0.4, 0.5) is 0 Å². The topological polar surface area (TPSA) is 15.3 Å². The fourth-order valence-corrected chi connectivity index (χ4v) is 3.86. The number of nitrogens with one attached hydrogen (secondary N) is 1. The maximum absolute atomic E-state index is 3.75.